The van der Waals surface area contributed by atoms with E-state index in [0.29, 0.717) is 12.8 Å². The molecule has 1 unspecified atom stereocenters. The third-order valence-electron chi connectivity index (χ3n) is 15.1. The zero-order valence-corrected chi connectivity index (χ0v) is 49.9. The van der Waals surface area contributed by atoms with Gasteiger partial charge in [0.25, 0.3) is 0 Å². The molecule has 0 saturated heterocycles. The number of aliphatic hydroxyl groups excluding tert-OH is 1. The van der Waals surface area contributed by atoms with Gasteiger partial charge in [0.2, 0.25) is 0 Å². The summed E-state index contributed by atoms with van der Waals surface area (Å²) in [6, 6.07) is 0. The molecule has 0 aliphatic heterocycles. The Kier molecular flexibility index (Phi) is 63.3. The molecule has 0 saturated carbocycles. The monoisotopic (exact) mass is 1040 g/mol. The van der Waals surface area contributed by atoms with Gasteiger partial charge in [-0.2, -0.15) is 0 Å². The first-order valence-electron chi connectivity index (χ1n) is 33.2. The van der Waals surface area contributed by atoms with Crippen LogP contribution in [-0.2, 0) is 19.1 Å². The van der Waals surface area contributed by atoms with E-state index < -0.39 is 6.10 Å². The van der Waals surface area contributed by atoms with Gasteiger partial charge in [-0.05, 0) is 51.4 Å². The molecule has 0 aliphatic carbocycles. The average Bonchev–Trinajstić information content (AvgIpc) is 3.40. The summed E-state index contributed by atoms with van der Waals surface area (Å²) in [7, 11) is 0. The molecular weight excluding hydrogens is 909 g/mol. The van der Waals surface area contributed by atoms with Crippen molar-refractivity contribution in [3.05, 3.63) is 48.6 Å². The molecule has 0 aromatic carbocycles. The van der Waals surface area contributed by atoms with Crippen LogP contribution in [0.25, 0.3) is 0 Å². The summed E-state index contributed by atoms with van der Waals surface area (Å²) < 4.78 is 10.8. The highest BCUT2D eigenvalue weighted by atomic mass is 16.6. The third-order valence-corrected chi connectivity index (χ3v) is 15.1. The molecule has 0 radical (unpaired) electrons. The van der Waals surface area contributed by atoms with Crippen molar-refractivity contribution in [2.24, 2.45) is 0 Å². The van der Waals surface area contributed by atoms with Crippen molar-refractivity contribution in [1.29, 1.82) is 0 Å². The van der Waals surface area contributed by atoms with Crippen molar-refractivity contribution in [2.75, 3.05) is 13.2 Å². The van der Waals surface area contributed by atoms with E-state index in [9.17, 15) is 14.7 Å². The lowest BCUT2D eigenvalue weighted by atomic mass is 10.0. The van der Waals surface area contributed by atoms with Crippen LogP contribution in [0.5, 0.6) is 0 Å². The minimum atomic E-state index is -0.770. The van der Waals surface area contributed by atoms with Gasteiger partial charge in [-0.15, -0.1) is 0 Å². The molecule has 434 valence electrons. The fourth-order valence-electron chi connectivity index (χ4n) is 10.2. The largest absolute Gasteiger partial charge is 0.462 e. The Bertz CT molecular complexity index is 1220. The van der Waals surface area contributed by atoms with E-state index in [2.05, 4.69) is 62.5 Å². The molecule has 0 rings (SSSR count). The first kappa shape index (κ1) is 71.9. The number of hydrogen-bond donors (Lipinski definition) is 1. The molecule has 0 aliphatic rings. The van der Waals surface area contributed by atoms with Crippen LogP contribution in [0.4, 0.5) is 0 Å². The molecule has 0 bridgehead atoms. The van der Waals surface area contributed by atoms with E-state index in [4.69, 9.17) is 9.47 Å². The number of unbranched alkanes of at least 4 members (excludes halogenated alkanes) is 46. The molecular formula is C69H128O5. The Balaban J connectivity index is 3.40. The topological polar surface area (TPSA) is 72.8 Å². The fourth-order valence-corrected chi connectivity index (χ4v) is 10.2. The smallest absolute Gasteiger partial charge is 0.306 e. The summed E-state index contributed by atoms with van der Waals surface area (Å²) in [5.41, 5.74) is 0. The lowest BCUT2D eigenvalue weighted by Gasteiger charge is -2.15. The summed E-state index contributed by atoms with van der Waals surface area (Å²) in [6.07, 6.45) is 87.1. The number of esters is 2. The second-order valence-electron chi connectivity index (χ2n) is 22.5. The number of rotatable bonds is 62. The quantitative estimate of drug-likeness (QED) is 0.0373. The zero-order chi connectivity index (χ0) is 53.4. The van der Waals surface area contributed by atoms with Crippen LogP contribution in [0.15, 0.2) is 48.6 Å². The van der Waals surface area contributed by atoms with Crippen molar-refractivity contribution in [3.8, 4) is 0 Å². The molecule has 0 heterocycles. The van der Waals surface area contributed by atoms with Crippen LogP contribution in [0, 0.1) is 0 Å². The first-order valence-corrected chi connectivity index (χ1v) is 33.2. The number of hydrogen-bond acceptors (Lipinski definition) is 5. The fraction of sp³-hybridized carbons (Fsp3) is 0.855. The van der Waals surface area contributed by atoms with Gasteiger partial charge >= 0.3 is 11.9 Å². The Morgan fingerprint density at radius 2 is 0.581 bits per heavy atom. The van der Waals surface area contributed by atoms with Gasteiger partial charge in [0.05, 0.1) is 6.61 Å². The highest BCUT2D eigenvalue weighted by Gasteiger charge is 2.16. The molecule has 74 heavy (non-hydrogen) atoms. The summed E-state index contributed by atoms with van der Waals surface area (Å²) in [5, 5.41) is 9.69. The van der Waals surface area contributed by atoms with Crippen molar-refractivity contribution in [3.63, 3.8) is 0 Å². The van der Waals surface area contributed by atoms with Gasteiger partial charge in [-0.3, -0.25) is 9.59 Å². The Morgan fingerprint density at radius 3 is 0.878 bits per heavy atom. The third kappa shape index (κ3) is 62.4. The van der Waals surface area contributed by atoms with Crippen molar-refractivity contribution in [2.45, 2.75) is 367 Å². The summed E-state index contributed by atoms with van der Waals surface area (Å²) in [4.78, 5) is 24.6. The molecule has 5 nitrogen and oxygen atoms in total. The molecule has 0 aromatic rings. The highest BCUT2D eigenvalue weighted by molar-refractivity contribution is 5.70. The lowest BCUT2D eigenvalue weighted by Crippen LogP contribution is -2.28. The predicted molar refractivity (Wildman–Crippen MR) is 325 cm³/mol. The molecule has 0 spiro atoms. The van der Waals surface area contributed by atoms with Crippen LogP contribution >= 0.6 is 0 Å². The van der Waals surface area contributed by atoms with E-state index in [1.807, 2.05) is 0 Å². The van der Waals surface area contributed by atoms with E-state index in [-0.39, 0.29) is 25.2 Å². The minimum Gasteiger partial charge on any atom is -0.462 e. The number of ether oxygens (including phenoxy) is 2. The Hall–Kier alpha value is -2.14. The Morgan fingerprint density at radius 1 is 0.324 bits per heavy atom. The van der Waals surface area contributed by atoms with Crippen molar-refractivity contribution >= 4 is 11.9 Å². The number of carbonyl (C=O) groups is 2. The normalized spacial score (nSPS) is 12.4. The number of carbonyl (C=O) groups excluding carboxylic acids is 2. The van der Waals surface area contributed by atoms with Crippen LogP contribution in [0.1, 0.15) is 361 Å². The van der Waals surface area contributed by atoms with Gasteiger partial charge < -0.3 is 14.6 Å². The molecule has 0 fully saturated rings. The maximum absolute atomic E-state index is 12.4. The summed E-state index contributed by atoms with van der Waals surface area (Å²) in [6.45, 7) is 4.09. The second kappa shape index (κ2) is 65.1. The van der Waals surface area contributed by atoms with Crippen LogP contribution in [0.3, 0.4) is 0 Å². The Labute approximate surface area is 462 Å². The van der Waals surface area contributed by atoms with E-state index in [0.717, 1.165) is 57.8 Å². The van der Waals surface area contributed by atoms with Crippen molar-refractivity contribution in [1.82, 2.24) is 0 Å². The van der Waals surface area contributed by atoms with Crippen LogP contribution in [0.2, 0.25) is 0 Å². The first-order chi connectivity index (χ1) is 36.6. The zero-order valence-electron chi connectivity index (χ0n) is 49.9. The molecule has 0 amide bonds. The molecule has 1 N–H and O–H groups in total. The minimum absolute atomic E-state index is 0.0599. The maximum atomic E-state index is 12.4. The van der Waals surface area contributed by atoms with Crippen molar-refractivity contribution < 1.29 is 24.2 Å². The molecule has 0 aromatic heterocycles. The lowest BCUT2D eigenvalue weighted by molar-refractivity contribution is -0.161. The van der Waals surface area contributed by atoms with Gasteiger partial charge in [-0.1, -0.05) is 345 Å². The van der Waals surface area contributed by atoms with E-state index in [1.165, 1.54) is 276 Å². The number of aliphatic hydroxyl groups is 1. The average molecular weight is 1040 g/mol. The second-order valence-corrected chi connectivity index (χ2v) is 22.5. The van der Waals surface area contributed by atoms with Crippen LogP contribution < -0.4 is 0 Å². The highest BCUT2D eigenvalue weighted by Crippen LogP contribution is 2.19. The standard InChI is InChI=1S/C69H128O5/c1-3-5-7-9-11-13-15-17-19-21-23-25-27-29-31-33-34-36-38-40-42-44-46-48-50-52-54-56-58-60-62-64-69(72)74-67(65-70)66-73-68(71)63-61-59-57-55-53-51-49-47-45-43-41-39-37-35-32-30-28-26-24-22-20-18-16-14-12-10-8-6-4-2/h5,7,11,13,17,19,23,25,67,70H,3-4,6,8-10,12,14-16,18,20-22,24,26-66H2,1-2H3/b7-5-,13-11-,19-17-,25-23-. The maximum Gasteiger partial charge on any atom is 0.306 e. The summed E-state index contributed by atoms with van der Waals surface area (Å²) in [5.74, 6) is -0.568. The van der Waals surface area contributed by atoms with E-state index >= 15 is 0 Å². The number of allylic oxidation sites excluding steroid dienone is 8. The van der Waals surface area contributed by atoms with Gasteiger partial charge in [0.15, 0.2) is 6.10 Å². The van der Waals surface area contributed by atoms with Crippen LogP contribution in [-0.4, -0.2) is 36.4 Å². The van der Waals surface area contributed by atoms with E-state index in [1.54, 1.807) is 0 Å². The molecule has 5 heteroatoms. The SMILES string of the molecule is CC/C=C\C/C=C\C/C=C\C/C=C\CCCCCCCCCCCCCCCCCCCCC(=O)OC(CO)COC(=O)CCCCCCCCCCCCCCCCCCCCCCCCCCCCCCC. The van der Waals surface area contributed by atoms with Gasteiger partial charge in [0.1, 0.15) is 6.61 Å². The van der Waals surface area contributed by atoms with Gasteiger partial charge in [-0.25, -0.2) is 0 Å². The predicted octanol–water partition coefficient (Wildman–Crippen LogP) is 22.8. The molecule has 1 atom stereocenters. The summed E-state index contributed by atoms with van der Waals surface area (Å²) >= 11 is 0. The van der Waals surface area contributed by atoms with Gasteiger partial charge in [0, 0.05) is 12.8 Å².